The van der Waals surface area contributed by atoms with Gasteiger partial charge in [0, 0.05) is 26.1 Å². The molecule has 1 aromatic rings. The fraction of sp³-hybridized carbons (Fsp3) is 0.467. The molecule has 0 bridgehead atoms. The maximum absolute atomic E-state index is 13.4. The second-order valence-corrected chi connectivity index (χ2v) is 4.71. The number of benzene rings is 1. The Labute approximate surface area is 119 Å². The first kappa shape index (κ1) is 16.1. The van der Waals surface area contributed by atoms with Crippen molar-refractivity contribution in [2.45, 2.75) is 33.2 Å². The van der Waals surface area contributed by atoms with E-state index in [1.165, 1.54) is 25.1 Å². The molecule has 0 aliphatic carbocycles. The largest absolute Gasteiger partial charge is 0.350 e. The van der Waals surface area contributed by atoms with Crippen molar-refractivity contribution in [3.8, 4) is 0 Å². The maximum atomic E-state index is 13.4. The Morgan fingerprint density at radius 2 is 2.00 bits per heavy atom. The Bertz CT molecular complexity index is 477. The van der Waals surface area contributed by atoms with E-state index in [9.17, 15) is 14.0 Å². The van der Waals surface area contributed by atoms with Gasteiger partial charge in [-0.3, -0.25) is 9.59 Å². The van der Waals surface area contributed by atoms with E-state index in [-0.39, 0.29) is 17.5 Å². The van der Waals surface area contributed by atoms with Crippen molar-refractivity contribution in [2.75, 3.05) is 13.1 Å². The lowest BCUT2D eigenvalue weighted by atomic mass is 10.2. The molecule has 1 N–H and O–H groups in total. The minimum atomic E-state index is -0.546. The Morgan fingerprint density at radius 3 is 2.55 bits per heavy atom. The van der Waals surface area contributed by atoms with E-state index >= 15 is 0 Å². The molecule has 4 nitrogen and oxygen atoms in total. The van der Waals surface area contributed by atoms with E-state index in [0.29, 0.717) is 13.1 Å². The van der Waals surface area contributed by atoms with Crippen LogP contribution in [0.1, 0.15) is 37.6 Å². The van der Waals surface area contributed by atoms with Crippen LogP contribution in [-0.2, 0) is 4.79 Å². The van der Waals surface area contributed by atoms with Crippen LogP contribution < -0.4 is 5.32 Å². The number of nitrogens with zero attached hydrogens (tertiary/aromatic N) is 1. The maximum Gasteiger partial charge on any atom is 0.254 e. The van der Waals surface area contributed by atoms with Crippen molar-refractivity contribution < 1.29 is 14.0 Å². The minimum absolute atomic E-state index is 0.0189. The summed E-state index contributed by atoms with van der Waals surface area (Å²) in [6.45, 7) is 6.19. The van der Waals surface area contributed by atoms with Gasteiger partial charge in [0.1, 0.15) is 5.82 Å². The number of nitrogens with one attached hydrogen (secondary N) is 1. The zero-order valence-corrected chi connectivity index (χ0v) is 12.1. The van der Waals surface area contributed by atoms with Crippen LogP contribution in [0.15, 0.2) is 24.3 Å². The van der Waals surface area contributed by atoms with Crippen LogP contribution in [0.5, 0.6) is 0 Å². The molecule has 1 rings (SSSR count). The third-order valence-corrected chi connectivity index (χ3v) is 3.28. The lowest BCUT2D eigenvalue weighted by Gasteiger charge is -2.27. The summed E-state index contributed by atoms with van der Waals surface area (Å²) in [5.74, 6) is -1.04. The van der Waals surface area contributed by atoms with Crippen LogP contribution in [0.3, 0.4) is 0 Å². The smallest absolute Gasteiger partial charge is 0.254 e. The summed E-state index contributed by atoms with van der Waals surface area (Å²) in [5.41, 5.74) is 0.0189. The van der Waals surface area contributed by atoms with Gasteiger partial charge in [0.2, 0.25) is 5.91 Å². The highest BCUT2D eigenvalue weighted by Gasteiger charge is 2.15. The average Bonchev–Trinajstić information content (AvgIpc) is 2.42. The van der Waals surface area contributed by atoms with Gasteiger partial charge in [-0.15, -0.1) is 0 Å². The Morgan fingerprint density at radius 1 is 1.35 bits per heavy atom. The molecule has 5 heteroatoms. The number of rotatable bonds is 6. The molecule has 0 saturated carbocycles. The summed E-state index contributed by atoms with van der Waals surface area (Å²) in [6, 6.07) is 5.95. The summed E-state index contributed by atoms with van der Waals surface area (Å²) >= 11 is 0. The molecule has 0 aliphatic heterocycles. The quantitative estimate of drug-likeness (QED) is 0.868. The first-order chi connectivity index (χ1) is 9.47. The lowest BCUT2D eigenvalue weighted by molar-refractivity contribution is -0.130. The molecule has 0 aliphatic rings. The summed E-state index contributed by atoms with van der Waals surface area (Å²) < 4.78 is 13.4. The fourth-order valence-corrected chi connectivity index (χ4v) is 1.94. The van der Waals surface area contributed by atoms with E-state index < -0.39 is 11.7 Å². The van der Waals surface area contributed by atoms with Gasteiger partial charge in [0.15, 0.2) is 0 Å². The molecule has 0 saturated heterocycles. The molecule has 0 spiro atoms. The summed E-state index contributed by atoms with van der Waals surface area (Å²) in [6.07, 6.45) is 0.848. The van der Waals surface area contributed by atoms with Gasteiger partial charge in [-0.2, -0.15) is 0 Å². The van der Waals surface area contributed by atoms with Crippen LogP contribution in [0.25, 0.3) is 0 Å². The summed E-state index contributed by atoms with van der Waals surface area (Å²) in [5, 5.41) is 2.63. The van der Waals surface area contributed by atoms with Crippen molar-refractivity contribution in [2.24, 2.45) is 0 Å². The van der Waals surface area contributed by atoms with Crippen molar-refractivity contribution in [3.63, 3.8) is 0 Å². The van der Waals surface area contributed by atoms with Gasteiger partial charge in [0.05, 0.1) is 5.56 Å². The number of hydrogen-bond acceptors (Lipinski definition) is 2. The lowest BCUT2D eigenvalue weighted by Crippen LogP contribution is -2.42. The molecule has 1 atom stereocenters. The Kier molecular flexibility index (Phi) is 6.15. The highest BCUT2D eigenvalue weighted by atomic mass is 19.1. The zero-order valence-electron chi connectivity index (χ0n) is 12.1. The summed E-state index contributed by atoms with van der Waals surface area (Å²) in [4.78, 5) is 25.0. The van der Waals surface area contributed by atoms with E-state index in [2.05, 4.69) is 5.32 Å². The van der Waals surface area contributed by atoms with Crippen molar-refractivity contribution in [3.05, 3.63) is 35.6 Å². The molecule has 0 radical (unpaired) electrons. The Hall–Kier alpha value is -1.91. The molecule has 0 aromatic heterocycles. The molecule has 2 amide bonds. The molecule has 1 unspecified atom stereocenters. The topological polar surface area (TPSA) is 49.4 Å². The van der Waals surface area contributed by atoms with Crippen molar-refractivity contribution >= 4 is 11.8 Å². The van der Waals surface area contributed by atoms with Gasteiger partial charge in [0.25, 0.3) is 5.91 Å². The molecule has 110 valence electrons. The van der Waals surface area contributed by atoms with Crippen molar-refractivity contribution in [1.82, 2.24) is 10.2 Å². The third-order valence-electron chi connectivity index (χ3n) is 3.28. The van der Waals surface area contributed by atoms with Gasteiger partial charge >= 0.3 is 0 Å². The number of halogens is 1. The van der Waals surface area contributed by atoms with Gasteiger partial charge in [-0.05, 0) is 25.5 Å². The van der Waals surface area contributed by atoms with Crippen molar-refractivity contribution in [1.29, 1.82) is 0 Å². The average molecular weight is 280 g/mol. The van der Waals surface area contributed by atoms with E-state index in [0.717, 1.165) is 6.42 Å². The first-order valence-corrected chi connectivity index (χ1v) is 6.77. The van der Waals surface area contributed by atoms with E-state index in [1.807, 2.05) is 13.8 Å². The van der Waals surface area contributed by atoms with E-state index in [4.69, 9.17) is 0 Å². The highest BCUT2D eigenvalue weighted by Crippen LogP contribution is 2.06. The number of carbonyl (C=O) groups is 2. The molecule has 1 aromatic carbocycles. The van der Waals surface area contributed by atoms with Gasteiger partial charge < -0.3 is 10.2 Å². The fourth-order valence-electron chi connectivity index (χ4n) is 1.94. The molecule has 0 heterocycles. The van der Waals surface area contributed by atoms with Crippen LogP contribution in [-0.4, -0.2) is 35.8 Å². The van der Waals surface area contributed by atoms with Crippen LogP contribution in [0, 0.1) is 5.82 Å². The normalized spacial score (nSPS) is 11.8. The predicted octanol–water partition coefficient (Wildman–Crippen LogP) is 2.20. The third kappa shape index (κ3) is 4.33. The number of hydrogen-bond donors (Lipinski definition) is 1. The highest BCUT2D eigenvalue weighted by molar-refractivity contribution is 5.94. The van der Waals surface area contributed by atoms with E-state index in [1.54, 1.807) is 11.0 Å². The number of carbonyl (C=O) groups excluding carboxylic acids is 2. The Balaban J connectivity index is 2.53. The standard InChI is InChI=1S/C15H21FN2O2/c1-4-11(2)18(12(3)19)10-9-17-15(20)13-7-5-6-8-14(13)16/h5-8,11H,4,9-10H2,1-3H3,(H,17,20). The van der Waals surface area contributed by atoms with Crippen LogP contribution in [0.4, 0.5) is 4.39 Å². The molecular formula is C15H21FN2O2. The second kappa shape index (κ2) is 7.62. The van der Waals surface area contributed by atoms with Gasteiger partial charge in [-0.1, -0.05) is 19.1 Å². The number of amides is 2. The molecule has 20 heavy (non-hydrogen) atoms. The molecular weight excluding hydrogens is 259 g/mol. The minimum Gasteiger partial charge on any atom is -0.350 e. The van der Waals surface area contributed by atoms with Gasteiger partial charge in [-0.25, -0.2) is 4.39 Å². The monoisotopic (exact) mass is 280 g/mol. The SMILES string of the molecule is CCC(C)N(CCNC(=O)c1ccccc1F)C(C)=O. The van der Waals surface area contributed by atoms with Crippen LogP contribution >= 0.6 is 0 Å². The van der Waals surface area contributed by atoms with Crippen LogP contribution in [0.2, 0.25) is 0 Å². The molecule has 0 fully saturated rings. The zero-order chi connectivity index (χ0) is 15.1. The second-order valence-electron chi connectivity index (χ2n) is 4.71. The predicted molar refractivity (Wildman–Crippen MR) is 75.9 cm³/mol. The summed E-state index contributed by atoms with van der Waals surface area (Å²) in [7, 11) is 0. The first-order valence-electron chi connectivity index (χ1n) is 6.77.